The number of thiophene rings is 1. The van der Waals surface area contributed by atoms with Crippen LogP contribution in [0.5, 0.6) is 5.06 Å². The summed E-state index contributed by atoms with van der Waals surface area (Å²) in [6.45, 7) is 8.17. The highest BCUT2D eigenvalue weighted by atomic mass is 32.2. The van der Waals surface area contributed by atoms with Gasteiger partial charge in [-0.1, -0.05) is 13.8 Å². The second kappa shape index (κ2) is 12.1. The number of piperidine rings is 2. The number of nitrogens with zero attached hydrogens (tertiary/aromatic N) is 5. The predicted molar refractivity (Wildman–Crippen MR) is 156 cm³/mol. The smallest absolute Gasteiger partial charge is 0.223 e. The highest BCUT2D eigenvalue weighted by molar-refractivity contribution is 7.88. The Hall–Kier alpha value is -2.02. The van der Waals surface area contributed by atoms with Crippen LogP contribution in [0.15, 0.2) is 12.1 Å². The van der Waals surface area contributed by atoms with E-state index in [1.165, 1.54) is 23.4 Å². The molecule has 12 heteroatoms. The zero-order valence-corrected chi connectivity index (χ0v) is 26.0. The van der Waals surface area contributed by atoms with Crippen molar-refractivity contribution in [3.8, 4) is 5.06 Å². The van der Waals surface area contributed by atoms with E-state index < -0.39 is 10.0 Å². The van der Waals surface area contributed by atoms with Crippen LogP contribution in [0.3, 0.4) is 0 Å². The molecule has 0 saturated carbocycles. The highest BCUT2D eigenvalue weighted by Crippen LogP contribution is 2.43. The molecule has 3 saturated heterocycles. The van der Waals surface area contributed by atoms with Gasteiger partial charge < -0.3 is 14.6 Å². The topological polar surface area (TPSA) is 110 Å². The average molecular weight is 593 g/mol. The van der Waals surface area contributed by atoms with E-state index in [0.717, 1.165) is 47.4 Å². The molecular formula is C28H44N6O4S2. The Morgan fingerprint density at radius 3 is 2.35 bits per heavy atom. The summed E-state index contributed by atoms with van der Waals surface area (Å²) in [7, 11) is -1.55. The Bertz CT molecular complexity index is 1270. The van der Waals surface area contributed by atoms with Gasteiger partial charge in [0, 0.05) is 54.5 Å². The molecule has 3 atom stereocenters. The lowest BCUT2D eigenvalue weighted by molar-refractivity contribution is -0.127. The number of hydrogen-bond acceptors (Lipinski definition) is 8. The number of fused-ring (bicyclic) bond motifs is 2. The second-order valence-corrected chi connectivity index (χ2v) is 15.1. The molecule has 0 spiro atoms. The van der Waals surface area contributed by atoms with Gasteiger partial charge in [0.15, 0.2) is 5.06 Å². The summed E-state index contributed by atoms with van der Waals surface area (Å²) in [6.07, 6.45) is 7.81. The molecule has 3 aliphatic heterocycles. The molecular weight excluding hydrogens is 548 g/mol. The zero-order chi connectivity index (χ0) is 28.6. The first-order valence-electron chi connectivity index (χ1n) is 14.6. The maximum Gasteiger partial charge on any atom is 0.223 e. The molecule has 222 valence electrons. The molecule has 40 heavy (non-hydrogen) atoms. The first kappa shape index (κ1) is 29.5. The summed E-state index contributed by atoms with van der Waals surface area (Å²) in [4.78, 5) is 17.1. The van der Waals surface area contributed by atoms with Crippen molar-refractivity contribution < 1.29 is 17.9 Å². The number of carbonyl (C=O) groups is 1. The Balaban J connectivity index is 1.24. The van der Waals surface area contributed by atoms with Crippen LogP contribution in [-0.4, -0.2) is 83.4 Å². The molecule has 3 fully saturated rings. The Morgan fingerprint density at radius 1 is 1.10 bits per heavy atom. The minimum Gasteiger partial charge on any atom is -0.487 e. The summed E-state index contributed by atoms with van der Waals surface area (Å²) < 4.78 is 33.1. The Morgan fingerprint density at radius 2 is 1.77 bits per heavy atom. The number of carbonyl (C=O) groups excluding carboxylic acids is 1. The van der Waals surface area contributed by atoms with Crippen LogP contribution in [0, 0.1) is 12.8 Å². The molecule has 0 unspecified atom stereocenters. The normalized spacial score (nSPS) is 25.4. The number of ether oxygens (including phenoxy) is 1. The monoisotopic (exact) mass is 592 g/mol. The number of hydrogen-bond donors (Lipinski definition) is 1. The number of nitrogens with one attached hydrogen (secondary N) is 1. The van der Waals surface area contributed by atoms with Crippen molar-refractivity contribution in [1.29, 1.82) is 0 Å². The van der Waals surface area contributed by atoms with Gasteiger partial charge in [0.1, 0.15) is 11.6 Å². The van der Waals surface area contributed by atoms with E-state index in [4.69, 9.17) is 4.74 Å². The fraction of sp³-hybridized carbons (Fsp3) is 0.750. The van der Waals surface area contributed by atoms with E-state index in [1.54, 1.807) is 18.4 Å². The minimum absolute atomic E-state index is 0.0245. The lowest BCUT2D eigenvalue weighted by atomic mass is 9.95. The summed E-state index contributed by atoms with van der Waals surface area (Å²) in [5.74, 6) is 2.31. The first-order valence-corrected chi connectivity index (χ1v) is 17.3. The number of aryl methyl sites for hydroxylation is 1. The number of sulfonamides is 1. The van der Waals surface area contributed by atoms with Crippen molar-refractivity contribution in [2.75, 3.05) is 33.0 Å². The van der Waals surface area contributed by atoms with Gasteiger partial charge in [-0.2, -0.15) is 0 Å². The molecule has 0 radical (unpaired) electrons. The SMILES string of the molecule is COc1ccc([C@H](CCN2[C@H]3CC[C@H]2CC(n2c(C)nnc2C(C)C)C3)NC(=O)C2CCN(S(C)(=O)=O)CC2)s1. The predicted octanol–water partition coefficient (Wildman–Crippen LogP) is 3.87. The molecule has 2 aromatic heterocycles. The summed E-state index contributed by atoms with van der Waals surface area (Å²) in [5.41, 5.74) is 0. The van der Waals surface area contributed by atoms with Crippen molar-refractivity contribution in [3.05, 3.63) is 28.7 Å². The van der Waals surface area contributed by atoms with E-state index in [2.05, 4.69) is 51.8 Å². The van der Waals surface area contributed by atoms with Gasteiger partial charge in [0.2, 0.25) is 15.9 Å². The number of rotatable bonds is 10. The summed E-state index contributed by atoms with van der Waals surface area (Å²) >= 11 is 1.58. The van der Waals surface area contributed by atoms with Gasteiger partial charge in [0.05, 0.1) is 19.4 Å². The molecule has 10 nitrogen and oxygen atoms in total. The van der Waals surface area contributed by atoms with Crippen molar-refractivity contribution >= 4 is 27.3 Å². The van der Waals surface area contributed by atoms with Gasteiger partial charge in [-0.05, 0) is 64.0 Å². The zero-order valence-electron chi connectivity index (χ0n) is 24.4. The number of aromatic nitrogens is 3. The van der Waals surface area contributed by atoms with Crippen molar-refractivity contribution in [1.82, 2.24) is 29.3 Å². The van der Waals surface area contributed by atoms with Crippen LogP contribution in [0.2, 0.25) is 0 Å². The average Bonchev–Trinajstić information content (AvgIpc) is 3.61. The molecule has 0 aromatic carbocycles. The lowest BCUT2D eigenvalue weighted by Crippen LogP contribution is -2.46. The molecule has 1 N–H and O–H groups in total. The van der Waals surface area contributed by atoms with Gasteiger partial charge in [-0.15, -0.1) is 21.5 Å². The molecule has 1 amide bonds. The largest absolute Gasteiger partial charge is 0.487 e. The van der Waals surface area contributed by atoms with Crippen LogP contribution in [-0.2, 0) is 14.8 Å². The highest BCUT2D eigenvalue weighted by Gasteiger charge is 2.42. The maximum absolute atomic E-state index is 13.4. The molecule has 3 aliphatic rings. The molecule has 5 rings (SSSR count). The van der Waals surface area contributed by atoms with Gasteiger partial charge in [-0.3, -0.25) is 9.69 Å². The van der Waals surface area contributed by atoms with E-state index in [0.29, 0.717) is 50.0 Å². The van der Waals surface area contributed by atoms with E-state index in [1.807, 2.05) is 6.07 Å². The maximum atomic E-state index is 13.4. The Labute approximate surface area is 242 Å². The van der Waals surface area contributed by atoms with Gasteiger partial charge in [-0.25, -0.2) is 12.7 Å². The lowest BCUT2D eigenvalue weighted by Gasteiger charge is -2.40. The fourth-order valence-electron chi connectivity index (χ4n) is 6.99. The van der Waals surface area contributed by atoms with Crippen molar-refractivity contribution in [2.24, 2.45) is 5.92 Å². The number of amides is 1. The number of methoxy groups -OCH3 is 1. The second-order valence-electron chi connectivity index (χ2n) is 12.0. The van der Waals surface area contributed by atoms with Gasteiger partial charge in [0.25, 0.3) is 0 Å². The van der Waals surface area contributed by atoms with Gasteiger partial charge >= 0.3 is 0 Å². The van der Waals surface area contributed by atoms with Crippen LogP contribution in [0.25, 0.3) is 0 Å². The standard InChI is InChI=1S/C28H44N6O4S2/c1-18(2)27-31-30-19(3)34(27)23-16-21-6-7-22(17-23)33(21)15-12-24(25-8-9-26(38-4)39-25)29-28(35)20-10-13-32(14-11-20)40(5,36)37/h8-9,18,20-24H,6-7,10-17H2,1-5H3,(H,29,35)/t21-,22-,24-/m0/s1. The fourth-order valence-corrected chi connectivity index (χ4v) is 8.77. The minimum atomic E-state index is -3.22. The van der Waals surface area contributed by atoms with Crippen molar-refractivity contribution in [3.63, 3.8) is 0 Å². The summed E-state index contributed by atoms with van der Waals surface area (Å²) in [5, 5.41) is 13.1. The van der Waals surface area contributed by atoms with E-state index in [-0.39, 0.29) is 17.9 Å². The molecule has 5 heterocycles. The third-order valence-electron chi connectivity index (χ3n) is 9.07. The molecule has 2 bridgehead atoms. The third-order valence-corrected chi connectivity index (χ3v) is 11.5. The van der Waals surface area contributed by atoms with Crippen LogP contribution in [0.4, 0.5) is 0 Å². The van der Waals surface area contributed by atoms with Crippen LogP contribution >= 0.6 is 11.3 Å². The van der Waals surface area contributed by atoms with E-state index in [9.17, 15) is 13.2 Å². The first-order chi connectivity index (χ1) is 19.0. The Kier molecular flexibility index (Phi) is 8.89. The van der Waals surface area contributed by atoms with Crippen molar-refractivity contribution in [2.45, 2.75) is 95.8 Å². The molecule has 0 aliphatic carbocycles. The quantitative estimate of drug-likeness (QED) is 0.446. The van der Waals surface area contributed by atoms with Crippen LogP contribution < -0.4 is 10.1 Å². The van der Waals surface area contributed by atoms with Crippen LogP contribution in [0.1, 0.15) is 93.3 Å². The van der Waals surface area contributed by atoms with E-state index >= 15 is 0 Å². The third kappa shape index (κ3) is 6.24. The molecule has 2 aromatic rings. The summed E-state index contributed by atoms with van der Waals surface area (Å²) in [6, 6.07) is 5.42.